The van der Waals surface area contributed by atoms with Gasteiger partial charge in [-0.25, -0.2) is 14.6 Å². The summed E-state index contributed by atoms with van der Waals surface area (Å²) in [6.45, 7) is 8.78. The van der Waals surface area contributed by atoms with Crippen molar-refractivity contribution in [2.24, 2.45) is 0 Å². The molecular formula is C14H20BrN3O4. The molecule has 1 aromatic heterocycles. The van der Waals surface area contributed by atoms with E-state index in [-0.39, 0.29) is 18.8 Å². The van der Waals surface area contributed by atoms with Crippen molar-refractivity contribution >= 4 is 28.0 Å². The van der Waals surface area contributed by atoms with Crippen LogP contribution in [0.5, 0.6) is 0 Å². The normalized spacial score (nSPS) is 14.5. The number of carbonyl (C=O) groups is 2. The third kappa shape index (κ3) is 3.60. The SMILES string of the molecule is CCOC(=O)c1nc(Br)n2c1CN(C(=O)OC(C)(C)C)CC2. The lowest BCUT2D eigenvalue weighted by atomic mass is 10.2. The number of nitrogens with zero attached hydrogens (tertiary/aromatic N) is 3. The van der Waals surface area contributed by atoms with E-state index in [1.54, 1.807) is 11.8 Å². The molecule has 2 heterocycles. The molecule has 1 aromatic rings. The van der Waals surface area contributed by atoms with Crippen LogP contribution in [0.4, 0.5) is 4.79 Å². The zero-order valence-electron chi connectivity index (χ0n) is 13.2. The average Bonchev–Trinajstić information content (AvgIpc) is 2.74. The van der Waals surface area contributed by atoms with Crippen LogP contribution < -0.4 is 0 Å². The molecule has 0 atom stereocenters. The molecule has 2 rings (SSSR count). The number of ether oxygens (including phenoxy) is 2. The fourth-order valence-electron chi connectivity index (χ4n) is 2.17. The smallest absolute Gasteiger partial charge is 0.410 e. The number of esters is 1. The summed E-state index contributed by atoms with van der Waals surface area (Å²) in [7, 11) is 0. The van der Waals surface area contributed by atoms with Crippen LogP contribution in [0.25, 0.3) is 0 Å². The molecule has 0 radical (unpaired) electrons. The molecule has 0 N–H and O–H groups in total. The van der Waals surface area contributed by atoms with E-state index in [2.05, 4.69) is 20.9 Å². The number of hydrogen-bond donors (Lipinski definition) is 0. The average molecular weight is 374 g/mol. The van der Waals surface area contributed by atoms with Crippen LogP contribution in [0.3, 0.4) is 0 Å². The monoisotopic (exact) mass is 373 g/mol. The summed E-state index contributed by atoms with van der Waals surface area (Å²) in [5.74, 6) is -0.483. The van der Waals surface area contributed by atoms with Crippen molar-refractivity contribution < 1.29 is 19.1 Å². The standard InChI is InChI=1S/C14H20BrN3O4/c1-5-21-11(19)10-9-8-17(13(20)22-14(2,3)4)6-7-18(9)12(15)16-10/h5-8H2,1-4H3. The van der Waals surface area contributed by atoms with E-state index in [4.69, 9.17) is 9.47 Å². The molecule has 8 heteroatoms. The highest BCUT2D eigenvalue weighted by Crippen LogP contribution is 2.24. The van der Waals surface area contributed by atoms with Gasteiger partial charge in [0.25, 0.3) is 0 Å². The predicted molar refractivity (Wildman–Crippen MR) is 82.5 cm³/mol. The number of hydrogen-bond acceptors (Lipinski definition) is 5. The number of halogens is 1. The molecule has 1 amide bonds. The van der Waals surface area contributed by atoms with E-state index >= 15 is 0 Å². The third-order valence-corrected chi connectivity index (χ3v) is 3.69. The van der Waals surface area contributed by atoms with Gasteiger partial charge in [-0.15, -0.1) is 0 Å². The maximum Gasteiger partial charge on any atom is 0.410 e. The van der Waals surface area contributed by atoms with Gasteiger partial charge in [-0.05, 0) is 43.6 Å². The maximum absolute atomic E-state index is 12.2. The molecule has 22 heavy (non-hydrogen) atoms. The number of imidazole rings is 1. The van der Waals surface area contributed by atoms with Crippen LogP contribution in [0.1, 0.15) is 43.9 Å². The van der Waals surface area contributed by atoms with Gasteiger partial charge >= 0.3 is 12.1 Å². The Kier molecular flexibility index (Phi) is 4.79. The van der Waals surface area contributed by atoms with Gasteiger partial charge in [0, 0.05) is 13.1 Å². The predicted octanol–water partition coefficient (Wildman–Crippen LogP) is 2.57. The minimum absolute atomic E-state index is 0.238. The second-order valence-electron chi connectivity index (χ2n) is 5.95. The lowest BCUT2D eigenvalue weighted by molar-refractivity contribution is 0.0194. The van der Waals surface area contributed by atoms with Gasteiger partial charge in [-0.3, -0.25) is 0 Å². The second kappa shape index (κ2) is 6.28. The van der Waals surface area contributed by atoms with Gasteiger partial charge in [0.1, 0.15) is 5.60 Å². The minimum Gasteiger partial charge on any atom is -0.461 e. The van der Waals surface area contributed by atoms with Gasteiger partial charge in [-0.2, -0.15) is 0 Å². The molecule has 0 unspecified atom stereocenters. The summed E-state index contributed by atoms with van der Waals surface area (Å²) in [5, 5.41) is 0. The van der Waals surface area contributed by atoms with Crippen molar-refractivity contribution in [3.05, 3.63) is 16.1 Å². The first-order valence-electron chi connectivity index (χ1n) is 7.13. The summed E-state index contributed by atoms with van der Waals surface area (Å²) in [6.07, 6.45) is -0.397. The lowest BCUT2D eigenvalue weighted by Gasteiger charge is -2.31. The van der Waals surface area contributed by atoms with Crippen LogP contribution in [0.2, 0.25) is 0 Å². The molecule has 1 aliphatic rings. The molecule has 0 aliphatic carbocycles. The number of amides is 1. The molecule has 7 nitrogen and oxygen atoms in total. The Labute approximate surface area is 137 Å². The van der Waals surface area contributed by atoms with Gasteiger partial charge in [0.2, 0.25) is 0 Å². The van der Waals surface area contributed by atoms with E-state index in [0.29, 0.717) is 23.5 Å². The fraction of sp³-hybridized carbons (Fsp3) is 0.643. The molecular weight excluding hydrogens is 354 g/mol. The van der Waals surface area contributed by atoms with Crippen LogP contribution in [-0.4, -0.2) is 45.3 Å². The first-order chi connectivity index (χ1) is 10.2. The number of fused-ring (bicyclic) bond motifs is 1. The number of aromatic nitrogens is 2. The Bertz CT molecular complexity index is 592. The first kappa shape index (κ1) is 16.8. The molecule has 122 valence electrons. The van der Waals surface area contributed by atoms with Crippen LogP contribution in [0, 0.1) is 0 Å². The summed E-state index contributed by atoms with van der Waals surface area (Å²) < 4.78 is 12.8. The maximum atomic E-state index is 12.2. The highest BCUT2D eigenvalue weighted by molar-refractivity contribution is 9.10. The molecule has 1 aliphatic heterocycles. The number of rotatable bonds is 2. The van der Waals surface area contributed by atoms with E-state index < -0.39 is 17.7 Å². The Hall–Kier alpha value is -1.57. The van der Waals surface area contributed by atoms with E-state index in [9.17, 15) is 9.59 Å². The van der Waals surface area contributed by atoms with Crippen LogP contribution in [-0.2, 0) is 22.6 Å². The molecule has 0 bridgehead atoms. The van der Waals surface area contributed by atoms with Crippen molar-refractivity contribution in [2.45, 2.75) is 46.4 Å². The highest BCUT2D eigenvalue weighted by atomic mass is 79.9. The van der Waals surface area contributed by atoms with Gasteiger partial charge in [0.05, 0.1) is 18.8 Å². The Morgan fingerprint density at radius 3 is 2.59 bits per heavy atom. The van der Waals surface area contributed by atoms with Crippen LogP contribution in [0.15, 0.2) is 4.73 Å². The molecule has 0 saturated carbocycles. The van der Waals surface area contributed by atoms with Gasteiger partial charge in [-0.1, -0.05) is 0 Å². The summed E-state index contributed by atoms with van der Waals surface area (Å²) >= 11 is 3.34. The molecule has 0 fully saturated rings. The molecule has 0 spiro atoms. The summed E-state index contributed by atoms with van der Waals surface area (Å²) in [6, 6.07) is 0. The first-order valence-corrected chi connectivity index (χ1v) is 7.92. The van der Waals surface area contributed by atoms with Crippen molar-refractivity contribution in [3.63, 3.8) is 0 Å². The highest BCUT2D eigenvalue weighted by Gasteiger charge is 2.31. The summed E-state index contributed by atoms with van der Waals surface area (Å²) in [5.41, 5.74) is 0.337. The van der Waals surface area contributed by atoms with Gasteiger partial charge in [0.15, 0.2) is 10.4 Å². The van der Waals surface area contributed by atoms with Crippen molar-refractivity contribution in [1.29, 1.82) is 0 Å². The van der Waals surface area contributed by atoms with Crippen molar-refractivity contribution in [1.82, 2.24) is 14.5 Å². The fourth-order valence-corrected chi connectivity index (χ4v) is 2.74. The van der Waals surface area contributed by atoms with E-state index in [1.165, 1.54) is 0 Å². The van der Waals surface area contributed by atoms with Crippen LogP contribution >= 0.6 is 15.9 Å². The molecule has 0 saturated heterocycles. The second-order valence-corrected chi connectivity index (χ2v) is 6.66. The lowest BCUT2D eigenvalue weighted by Crippen LogP contribution is -2.41. The number of carbonyl (C=O) groups excluding carboxylic acids is 2. The van der Waals surface area contributed by atoms with Gasteiger partial charge < -0.3 is 18.9 Å². The Balaban J connectivity index is 2.22. The Morgan fingerprint density at radius 2 is 2.00 bits per heavy atom. The Morgan fingerprint density at radius 1 is 1.32 bits per heavy atom. The van der Waals surface area contributed by atoms with Crippen molar-refractivity contribution in [2.75, 3.05) is 13.2 Å². The molecule has 0 aromatic carbocycles. The largest absolute Gasteiger partial charge is 0.461 e. The zero-order valence-corrected chi connectivity index (χ0v) is 14.8. The topological polar surface area (TPSA) is 73.7 Å². The van der Waals surface area contributed by atoms with Crippen molar-refractivity contribution in [3.8, 4) is 0 Å². The third-order valence-electron chi connectivity index (χ3n) is 3.08. The zero-order chi connectivity index (χ0) is 16.5. The quantitative estimate of drug-likeness (QED) is 0.744. The van der Waals surface area contributed by atoms with E-state index in [0.717, 1.165) is 0 Å². The minimum atomic E-state index is -0.556. The van der Waals surface area contributed by atoms with E-state index in [1.807, 2.05) is 25.3 Å². The summed E-state index contributed by atoms with van der Waals surface area (Å²) in [4.78, 5) is 29.9.